The highest BCUT2D eigenvalue weighted by atomic mass is 33.1. The molecule has 2 amide bonds. The van der Waals surface area contributed by atoms with Gasteiger partial charge in [-0.1, -0.05) is 76.0 Å². The largest absolute Gasteiger partial charge is 0.395 e. The van der Waals surface area contributed by atoms with Crippen LogP contribution >= 0.6 is 21.6 Å². The molecule has 0 radical (unpaired) electrons. The second kappa shape index (κ2) is 18.0. The molecule has 6 nitrogen and oxygen atoms in total. The quantitative estimate of drug-likeness (QED) is 0.174. The maximum Gasteiger partial charge on any atom is 0.221 e. The molecule has 0 rings (SSSR count). The molecule has 0 aromatic rings. The van der Waals surface area contributed by atoms with E-state index in [9.17, 15) is 14.7 Å². The molecule has 0 aromatic heterocycles. The van der Waals surface area contributed by atoms with Crippen LogP contribution in [0.15, 0.2) is 0 Å². The molecule has 0 saturated heterocycles. The molecule has 0 unspecified atom stereocenters. The summed E-state index contributed by atoms with van der Waals surface area (Å²) >= 11 is 0. The van der Waals surface area contributed by atoms with Crippen molar-refractivity contribution in [2.45, 2.75) is 80.1 Å². The lowest BCUT2D eigenvalue weighted by Crippen LogP contribution is -2.38. The summed E-state index contributed by atoms with van der Waals surface area (Å²) in [6, 6.07) is 0. The van der Waals surface area contributed by atoms with Crippen molar-refractivity contribution < 1.29 is 14.7 Å². The molecule has 3 N–H and O–H groups in total. The minimum atomic E-state index is 0.0710. The van der Waals surface area contributed by atoms with Gasteiger partial charge < -0.3 is 20.6 Å². The van der Waals surface area contributed by atoms with Gasteiger partial charge >= 0.3 is 0 Å². The lowest BCUT2D eigenvalue weighted by Gasteiger charge is -2.31. The van der Waals surface area contributed by atoms with Gasteiger partial charge in [0.1, 0.15) is 0 Å². The minimum Gasteiger partial charge on any atom is -0.395 e. The van der Waals surface area contributed by atoms with Gasteiger partial charge in [0.05, 0.1) is 6.61 Å². The zero-order valence-corrected chi connectivity index (χ0v) is 23.1. The summed E-state index contributed by atoms with van der Waals surface area (Å²) in [5.74, 6) is 2.09. The van der Waals surface area contributed by atoms with E-state index in [0.29, 0.717) is 32.5 Å². The Kier molecular flexibility index (Phi) is 17.7. The summed E-state index contributed by atoms with van der Waals surface area (Å²) in [7, 11) is 3.55. The van der Waals surface area contributed by atoms with E-state index < -0.39 is 0 Å². The van der Waals surface area contributed by atoms with Crippen LogP contribution in [0.2, 0.25) is 0 Å². The molecule has 8 heteroatoms. The van der Waals surface area contributed by atoms with E-state index in [4.69, 9.17) is 0 Å². The molecule has 0 spiro atoms. The fourth-order valence-electron chi connectivity index (χ4n) is 3.14. The number of carbonyl (C=O) groups excluding carboxylic acids is 2. The first kappa shape index (κ1) is 31.6. The monoisotopic (exact) mass is 491 g/mol. The number of amides is 2. The molecule has 0 fully saturated rings. The molecule has 0 aromatic carbocycles. The van der Waals surface area contributed by atoms with Gasteiger partial charge in [-0.3, -0.25) is 9.59 Å². The zero-order valence-electron chi connectivity index (χ0n) is 21.4. The smallest absolute Gasteiger partial charge is 0.221 e. The number of nitrogens with zero attached hydrogens (tertiary/aromatic N) is 1. The highest BCUT2D eigenvalue weighted by Crippen LogP contribution is 2.29. The molecular weight excluding hydrogens is 442 g/mol. The average Bonchev–Trinajstić information content (AvgIpc) is 2.76. The second-order valence-corrected chi connectivity index (χ2v) is 12.4. The third-order valence-corrected chi connectivity index (χ3v) is 8.78. The Hall–Kier alpha value is -0.440. The Morgan fingerprint density at radius 1 is 0.875 bits per heavy atom. The topological polar surface area (TPSA) is 81.7 Å². The maximum atomic E-state index is 12.1. The van der Waals surface area contributed by atoms with Crippen molar-refractivity contribution in [3.05, 3.63) is 0 Å². The van der Waals surface area contributed by atoms with E-state index in [1.807, 2.05) is 0 Å². The first-order valence-corrected chi connectivity index (χ1v) is 14.7. The van der Waals surface area contributed by atoms with Crippen LogP contribution in [0.3, 0.4) is 0 Å². The van der Waals surface area contributed by atoms with Gasteiger partial charge in [-0.15, -0.1) is 0 Å². The molecule has 0 aliphatic carbocycles. The van der Waals surface area contributed by atoms with Crippen LogP contribution in [0.5, 0.6) is 0 Å². The van der Waals surface area contributed by atoms with Crippen LogP contribution in [0, 0.1) is 10.8 Å². The summed E-state index contributed by atoms with van der Waals surface area (Å²) in [4.78, 5) is 26.3. The van der Waals surface area contributed by atoms with Crippen molar-refractivity contribution in [2.75, 3.05) is 50.8 Å². The normalized spacial score (nSPS) is 12.2. The zero-order chi connectivity index (χ0) is 24.5. The van der Waals surface area contributed by atoms with Crippen molar-refractivity contribution in [1.82, 2.24) is 15.5 Å². The summed E-state index contributed by atoms with van der Waals surface area (Å²) in [5, 5.41) is 15.3. The predicted molar refractivity (Wildman–Crippen MR) is 141 cm³/mol. The van der Waals surface area contributed by atoms with E-state index >= 15 is 0 Å². The number of hydrogen-bond acceptors (Lipinski definition) is 6. The second-order valence-electron chi connectivity index (χ2n) is 9.66. The predicted octanol–water partition coefficient (Wildman–Crippen LogP) is 4.33. The first-order valence-electron chi connectivity index (χ1n) is 12.2. The Bertz CT molecular complexity index is 515. The van der Waals surface area contributed by atoms with Crippen molar-refractivity contribution in [3.63, 3.8) is 0 Å². The summed E-state index contributed by atoms with van der Waals surface area (Å²) < 4.78 is 0. The molecule has 0 aliphatic heterocycles. The Morgan fingerprint density at radius 3 is 2.09 bits per heavy atom. The van der Waals surface area contributed by atoms with Crippen molar-refractivity contribution in [2.24, 2.45) is 10.8 Å². The van der Waals surface area contributed by atoms with Gasteiger partial charge in [0.2, 0.25) is 11.8 Å². The van der Waals surface area contributed by atoms with Crippen molar-refractivity contribution in [1.29, 1.82) is 0 Å². The van der Waals surface area contributed by atoms with Crippen LogP contribution < -0.4 is 10.6 Å². The molecule has 0 heterocycles. The average molecular weight is 492 g/mol. The van der Waals surface area contributed by atoms with E-state index in [0.717, 1.165) is 50.3 Å². The van der Waals surface area contributed by atoms with E-state index in [1.54, 1.807) is 21.6 Å². The molecular formula is C24H49N3O3S2. The third-order valence-electron chi connectivity index (χ3n) is 6.29. The van der Waals surface area contributed by atoms with Crippen LogP contribution in [0.25, 0.3) is 0 Å². The molecule has 0 saturated carbocycles. The molecule has 0 aliphatic rings. The van der Waals surface area contributed by atoms with Gasteiger partial charge in [0, 0.05) is 57.1 Å². The fraction of sp³-hybridized carbons (Fsp3) is 0.917. The van der Waals surface area contributed by atoms with Crippen LogP contribution in [-0.2, 0) is 9.59 Å². The van der Waals surface area contributed by atoms with Crippen LogP contribution in [-0.4, -0.2) is 72.7 Å². The van der Waals surface area contributed by atoms with E-state index in [2.05, 4.69) is 57.1 Å². The molecule has 0 atom stereocenters. The van der Waals surface area contributed by atoms with E-state index in [1.165, 1.54) is 0 Å². The van der Waals surface area contributed by atoms with Gasteiger partial charge in [0.25, 0.3) is 0 Å². The summed E-state index contributed by atoms with van der Waals surface area (Å²) in [5.41, 5.74) is 0.302. The van der Waals surface area contributed by atoms with Crippen LogP contribution in [0.1, 0.15) is 80.1 Å². The summed E-state index contributed by atoms with van der Waals surface area (Å²) in [6.07, 6.45) is 5.15. The number of aliphatic hydroxyl groups excluding tert-OH is 1. The Labute approximate surface area is 205 Å². The van der Waals surface area contributed by atoms with Crippen molar-refractivity contribution in [3.8, 4) is 0 Å². The summed E-state index contributed by atoms with van der Waals surface area (Å²) in [6.45, 7) is 16.8. The minimum absolute atomic E-state index is 0.0710. The van der Waals surface area contributed by atoms with Gasteiger partial charge in [0.15, 0.2) is 0 Å². The lowest BCUT2D eigenvalue weighted by atomic mass is 9.81. The first-order chi connectivity index (χ1) is 15.1. The maximum absolute atomic E-state index is 12.1. The Balaban J connectivity index is 3.77. The third kappa shape index (κ3) is 16.2. The van der Waals surface area contributed by atoms with Crippen LogP contribution in [0.4, 0.5) is 0 Å². The lowest BCUT2D eigenvalue weighted by molar-refractivity contribution is -0.123. The standard InChI is InChI=1S/C24H49N3O3S2/c1-7-23(4,5)20-27(15-16-28)14-11-21(29)26-13-18-32-31-17-10-12-25-22(30)19-24(6,8-2)9-3/h28H,7-20H2,1-6H3,(H,25,30)(H,26,29). The van der Waals surface area contributed by atoms with Gasteiger partial charge in [-0.2, -0.15) is 0 Å². The van der Waals surface area contributed by atoms with E-state index in [-0.39, 0.29) is 29.3 Å². The highest BCUT2D eigenvalue weighted by Gasteiger charge is 2.23. The molecule has 190 valence electrons. The number of rotatable bonds is 20. The fourth-order valence-corrected chi connectivity index (χ4v) is 5.13. The molecule has 32 heavy (non-hydrogen) atoms. The SMILES string of the molecule is CCC(C)(C)CN(CCO)CCC(=O)NCCSSCCCNC(=O)CC(C)(CC)CC. The number of nitrogens with one attached hydrogen (secondary N) is 2. The number of carbonyl (C=O) groups is 2. The number of aliphatic hydroxyl groups is 1. The van der Waals surface area contributed by atoms with Crippen molar-refractivity contribution >= 4 is 33.4 Å². The number of hydrogen-bond donors (Lipinski definition) is 3. The van der Waals surface area contributed by atoms with Gasteiger partial charge in [-0.05, 0) is 23.7 Å². The Morgan fingerprint density at radius 2 is 1.50 bits per heavy atom. The highest BCUT2D eigenvalue weighted by molar-refractivity contribution is 8.76. The van der Waals surface area contributed by atoms with Gasteiger partial charge in [-0.25, -0.2) is 0 Å². The molecule has 0 bridgehead atoms.